The van der Waals surface area contributed by atoms with Crippen LogP contribution in [0.2, 0.25) is 0 Å². The van der Waals surface area contributed by atoms with Gasteiger partial charge in [0.15, 0.2) is 0 Å². The average Bonchev–Trinajstić information content (AvgIpc) is 2.76. The molecule has 11 heteroatoms. The lowest BCUT2D eigenvalue weighted by Gasteiger charge is -2.30. The molecule has 30 heavy (non-hydrogen) atoms. The number of aromatic nitrogens is 3. The van der Waals surface area contributed by atoms with Crippen molar-refractivity contribution in [3.8, 4) is 0 Å². The van der Waals surface area contributed by atoms with Gasteiger partial charge in [-0.25, -0.2) is 5.06 Å². The Balaban J connectivity index is 2.04. The maximum atomic E-state index is 12.6. The van der Waals surface area contributed by atoms with E-state index >= 15 is 0 Å². The molecule has 168 valence electrons. The molecule has 0 radical (unpaired) electrons. The fraction of sp³-hybridized carbons (Fsp3) is 0.737. The van der Waals surface area contributed by atoms with Gasteiger partial charge in [-0.15, -0.1) is 0 Å². The SMILES string of the molecule is CCCCC[C@H](CN(O)C=O)C(=O)NNc1nc(CC)nc(N2CCCC(O)C2)n1. The molecule has 2 rings (SSSR count). The number of β-amino-alcohol motifs (C(OH)–C–C–N with tert-alkyl or cyclic N) is 1. The number of piperidine rings is 1. The first-order valence-electron chi connectivity index (χ1n) is 10.6. The Morgan fingerprint density at radius 3 is 2.80 bits per heavy atom. The van der Waals surface area contributed by atoms with Crippen LogP contribution in [0.5, 0.6) is 0 Å². The molecule has 0 saturated carbocycles. The number of hydrazine groups is 1. The maximum absolute atomic E-state index is 12.6. The molecule has 0 aliphatic carbocycles. The van der Waals surface area contributed by atoms with E-state index in [0.717, 1.165) is 38.6 Å². The molecule has 2 atom stereocenters. The number of aliphatic hydroxyl groups excluding tert-OH is 1. The molecule has 0 aromatic carbocycles. The zero-order valence-electron chi connectivity index (χ0n) is 17.8. The first-order valence-corrected chi connectivity index (χ1v) is 10.6. The van der Waals surface area contributed by atoms with Crippen LogP contribution in [0.3, 0.4) is 0 Å². The Morgan fingerprint density at radius 1 is 1.33 bits per heavy atom. The molecule has 11 nitrogen and oxygen atoms in total. The van der Waals surface area contributed by atoms with Crippen molar-refractivity contribution >= 4 is 24.2 Å². The number of carbonyl (C=O) groups is 2. The Bertz CT molecular complexity index is 691. The van der Waals surface area contributed by atoms with Crippen LogP contribution in [-0.2, 0) is 16.0 Å². The number of hydrogen-bond acceptors (Lipinski definition) is 9. The number of nitrogens with one attached hydrogen (secondary N) is 2. The predicted molar refractivity (Wildman–Crippen MR) is 111 cm³/mol. The molecule has 1 aromatic heterocycles. The van der Waals surface area contributed by atoms with Crippen LogP contribution >= 0.6 is 0 Å². The van der Waals surface area contributed by atoms with Gasteiger partial charge in [-0.05, 0) is 19.3 Å². The quantitative estimate of drug-likeness (QED) is 0.167. The highest BCUT2D eigenvalue weighted by molar-refractivity contribution is 5.80. The lowest BCUT2D eigenvalue weighted by Crippen LogP contribution is -2.41. The Hall–Kier alpha value is -2.53. The number of rotatable bonds is 12. The first-order chi connectivity index (χ1) is 14.5. The largest absolute Gasteiger partial charge is 0.391 e. The summed E-state index contributed by atoms with van der Waals surface area (Å²) in [5.74, 6) is 0.302. The van der Waals surface area contributed by atoms with Crippen LogP contribution in [0.1, 0.15) is 58.2 Å². The van der Waals surface area contributed by atoms with E-state index in [1.807, 2.05) is 11.8 Å². The number of anilines is 2. The summed E-state index contributed by atoms with van der Waals surface area (Å²) >= 11 is 0. The average molecular weight is 424 g/mol. The van der Waals surface area contributed by atoms with Gasteiger partial charge in [0.2, 0.25) is 24.2 Å². The maximum Gasteiger partial charge on any atom is 0.246 e. The van der Waals surface area contributed by atoms with E-state index in [9.17, 15) is 19.9 Å². The standard InChI is InChI=1S/C19H33N7O4/c1-3-5-6-8-14(11-26(30)13-27)17(29)23-24-18-20-16(4-2)21-19(22-18)25-10-7-9-15(28)12-25/h13-15,28,30H,3-12H2,1-2H3,(H,23,29)(H,20,21,22,24)/t14-,15?/m1/s1. The van der Waals surface area contributed by atoms with E-state index in [1.54, 1.807) is 0 Å². The van der Waals surface area contributed by atoms with Crippen LogP contribution in [-0.4, -0.2) is 68.4 Å². The summed E-state index contributed by atoms with van der Waals surface area (Å²) in [4.78, 5) is 38.3. The number of aryl methyl sites for hydroxylation is 1. The highest BCUT2D eigenvalue weighted by atomic mass is 16.5. The number of aliphatic hydroxyl groups is 1. The number of hydroxylamine groups is 2. The van der Waals surface area contributed by atoms with Gasteiger partial charge in [0.25, 0.3) is 0 Å². The summed E-state index contributed by atoms with van der Waals surface area (Å²) in [5.41, 5.74) is 5.31. The second-order valence-corrected chi connectivity index (χ2v) is 7.51. The Labute approximate surface area is 176 Å². The minimum absolute atomic E-state index is 0.0882. The van der Waals surface area contributed by atoms with E-state index in [0.29, 0.717) is 36.2 Å². The number of amides is 2. The van der Waals surface area contributed by atoms with Crippen molar-refractivity contribution in [2.75, 3.05) is 30.0 Å². The van der Waals surface area contributed by atoms with Crippen LogP contribution in [0, 0.1) is 5.92 Å². The Morgan fingerprint density at radius 2 is 2.13 bits per heavy atom. The van der Waals surface area contributed by atoms with Gasteiger partial charge in [0, 0.05) is 19.5 Å². The monoisotopic (exact) mass is 423 g/mol. The summed E-state index contributed by atoms with van der Waals surface area (Å²) in [5, 5.41) is 19.9. The molecule has 1 saturated heterocycles. The topological polar surface area (TPSA) is 144 Å². The molecule has 1 aromatic rings. The lowest BCUT2D eigenvalue weighted by atomic mass is 10.0. The van der Waals surface area contributed by atoms with Gasteiger partial charge in [-0.3, -0.25) is 25.6 Å². The molecule has 1 fully saturated rings. The van der Waals surface area contributed by atoms with E-state index in [2.05, 4.69) is 32.7 Å². The number of carbonyl (C=O) groups excluding carboxylic acids is 2. The molecule has 2 heterocycles. The molecule has 1 aliphatic heterocycles. The van der Waals surface area contributed by atoms with E-state index < -0.39 is 12.0 Å². The van der Waals surface area contributed by atoms with Gasteiger partial charge in [0.05, 0.1) is 18.6 Å². The molecule has 1 aliphatic rings. The van der Waals surface area contributed by atoms with Gasteiger partial charge in [0.1, 0.15) is 5.82 Å². The summed E-state index contributed by atoms with van der Waals surface area (Å²) in [7, 11) is 0. The van der Waals surface area contributed by atoms with E-state index in [1.165, 1.54) is 0 Å². The van der Waals surface area contributed by atoms with E-state index in [4.69, 9.17) is 0 Å². The predicted octanol–water partition coefficient (Wildman–Crippen LogP) is 0.882. The van der Waals surface area contributed by atoms with Crippen molar-refractivity contribution in [3.63, 3.8) is 0 Å². The molecular formula is C19H33N7O4. The molecule has 4 N–H and O–H groups in total. The van der Waals surface area contributed by atoms with Crippen molar-refractivity contribution in [1.82, 2.24) is 25.4 Å². The third-order valence-corrected chi connectivity index (χ3v) is 5.02. The number of nitrogens with zero attached hydrogens (tertiary/aromatic N) is 5. The van der Waals surface area contributed by atoms with Crippen molar-refractivity contribution in [1.29, 1.82) is 0 Å². The van der Waals surface area contributed by atoms with Crippen molar-refractivity contribution < 1.29 is 19.9 Å². The van der Waals surface area contributed by atoms with Crippen LogP contribution in [0.4, 0.5) is 11.9 Å². The second kappa shape index (κ2) is 12.2. The fourth-order valence-electron chi connectivity index (χ4n) is 3.33. The summed E-state index contributed by atoms with van der Waals surface area (Å²) in [6.07, 6.45) is 5.38. The summed E-state index contributed by atoms with van der Waals surface area (Å²) < 4.78 is 0. The van der Waals surface area contributed by atoms with Gasteiger partial charge in [-0.2, -0.15) is 15.0 Å². The third-order valence-electron chi connectivity index (χ3n) is 5.02. The van der Waals surface area contributed by atoms with Gasteiger partial charge < -0.3 is 10.0 Å². The fourth-order valence-corrected chi connectivity index (χ4v) is 3.33. The highest BCUT2D eigenvalue weighted by Gasteiger charge is 2.23. The minimum atomic E-state index is -0.566. The van der Waals surface area contributed by atoms with Crippen molar-refractivity contribution in [3.05, 3.63) is 5.82 Å². The first kappa shape index (κ1) is 23.7. The normalized spacial score (nSPS) is 17.3. The van der Waals surface area contributed by atoms with Crippen LogP contribution < -0.4 is 15.8 Å². The van der Waals surface area contributed by atoms with Crippen molar-refractivity contribution in [2.45, 2.75) is 64.9 Å². The molecule has 2 amide bonds. The molecule has 1 unspecified atom stereocenters. The third kappa shape index (κ3) is 7.38. The zero-order valence-corrected chi connectivity index (χ0v) is 17.8. The van der Waals surface area contributed by atoms with Gasteiger partial charge in [-0.1, -0.05) is 33.1 Å². The zero-order chi connectivity index (χ0) is 21.9. The summed E-state index contributed by atoms with van der Waals surface area (Å²) in [6, 6.07) is 0. The van der Waals surface area contributed by atoms with Gasteiger partial charge >= 0.3 is 0 Å². The molecule has 0 spiro atoms. The van der Waals surface area contributed by atoms with Crippen LogP contribution in [0.25, 0.3) is 0 Å². The smallest absolute Gasteiger partial charge is 0.246 e. The molecular weight excluding hydrogens is 390 g/mol. The number of unbranched alkanes of at least 4 members (excludes halogenated alkanes) is 2. The minimum Gasteiger partial charge on any atom is -0.391 e. The van der Waals surface area contributed by atoms with E-state index in [-0.39, 0.29) is 24.8 Å². The lowest BCUT2D eigenvalue weighted by molar-refractivity contribution is -0.154. The highest BCUT2D eigenvalue weighted by Crippen LogP contribution is 2.18. The van der Waals surface area contributed by atoms with Crippen LogP contribution in [0.15, 0.2) is 0 Å². The summed E-state index contributed by atoms with van der Waals surface area (Å²) in [6.45, 7) is 5.09. The van der Waals surface area contributed by atoms with Crippen molar-refractivity contribution in [2.24, 2.45) is 5.92 Å². The number of hydrogen-bond donors (Lipinski definition) is 4. The Kier molecular flexibility index (Phi) is 9.68. The molecule has 0 bridgehead atoms. The second-order valence-electron chi connectivity index (χ2n) is 7.51.